The highest BCUT2D eigenvalue weighted by Gasteiger charge is 2.32. The van der Waals surface area contributed by atoms with Crippen LogP contribution in [0.4, 0.5) is 10.5 Å². The summed E-state index contributed by atoms with van der Waals surface area (Å²) in [6.45, 7) is 2.78. The molecule has 0 spiro atoms. The van der Waals surface area contributed by atoms with Crippen LogP contribution in [0.25, 0.3) is 0 Å². The maximum Gasteiger partial charge on any atom is 0.323 e. The second-order valence-electron chi connectivity index (χ2n) is 5.54. The van der Waals surface area contributed by atoms with Crippen molar-refractivity contribution in [3.05, 3.63) is 63.6 Å². The van der Waals surface area contributed by atoms with Gasteiger partial charge in [0.15, 0.2) is 0 Å². The number of carbonyl (C=O) groups excluding carboxylic acids is 1. The average Bonchev–Trinajstić information content (AvgIpc) is 3.07. The Morgan fingerprint density at radius 3 is 2.71 bits per heavy atom. The molecule has 1 heterocycles. The van der Waals surface area contributed by atoms with Crippen LogP contribution in [0.3, 0.4) is 0 Å². The van der Waals surface area contributed by atoms with Gasteiger partial charge in [-0.25, -0.2) is 4.79 Å². The molecule has 2 aromatic carbocycles. The number of aryl methyl sites for hydroxylation is 1. The lowest BCUT2D eigenvalue weighted by Crippen LogP contribution is -2.34. The summed E-state index contributed by atoms with van der Waals surface area (Å²) in [6.07, 6.45) is 0.979. The highest BCUT2D eigenvalue weighted by atomic mass is 35.5. The predicted octanol–water partition coefficient (Wildman–Crippen LogP) is 5.84. The van der Waals surface area contributed by atoms with Crippen molar-refractivity contribution in [2.45, 2.75) is 18.7 Å². The van der Waals surface area contributed by atoms with Gasteiger partial charge in [-0.15, -0.1) is 11.8 Å². The van der Waals surface area contributed by atoms with E-state index < -0.39 is 0 Å². The van der Waals surface area contributed by atoms with Crippen LogP contribution in [0.1, 0.15) is 23.4 Å². The maximum atomic E-state index is 12.7. The molecule has 0 aromatic heterocycles. The van der Waals surface area contributed by atoms with E-state index in [1.54, 1.807) is 22.7 Å². The highest BCUT2D eigenvalue weighted by molar-refractivity contribution is 7.99. The predicted molar refractivity (Wildman–Crippen MR) is 103 cm³/mol. The number of rotatable bonds is 3. The number of urea groups is 1. The monoisotopic (exact) mass is 380 g/mol. The molecule has 6 heteroatoms. The summed E-state index contributed by atoms with van der Waals surface area (Å²) in [7, 11) is 0. The molecule has 2 aromatic rings. The number of benzene rings is 2. The van der Waals surface area contributed by atoms with Gasteiger partial charge in [0.2, 0.25) is 0 Å². The summed E-state index contributed by atoms with van der Waals surface area (Å²) >= 11 is 14.1. The molecule has 2 amide bonds. The van der Waals surface area contributed by atoms with Crippen molar-refractivity contribution in [1.82, 2.24) is 4.90 Å². The number of amides is 2. The van der Waals surface area contributed by atoms with Crippen molar-refractivity contribution in [1.29, 1.82) is 0 Å². The Bertz CT molecular complexity index is 736. The average molecular weight is 381 g/mol. The molecule has 126 valence electrons. The Hall–Kier alpha value is -1.36. The number of carbonyl (C=O) groups is 1. The molecule has 0 aliphatic carbocycles. The van der Waals surface area contributed by atoms with Crippen LogP contribution in [0.2, 0.25) is 10.0 Å². The molecule has 0 radical (unpaired) electrons. The number of anilines is 1. The van der Waals surface area contributed by atoms with Gasteiger partial charge in [-0.05, 0) is 30.2 Å². The van der Waals surface area contributed by atoms with Crippen molar-refractivity contribution in [2.75, 3.05) is 17.6 Å². The Kier molecular flexibility index (Phi) is 5.59. The lowest BCUT2D eigenvalue weighted by atomic mass is 10.1. The number of thioether (sulfide) groups is 1. The van der Waals surface area contributed by atoms with Crippen LogP contribution in [0.5, 0.6) is 0 Å². The van der Waals surface area contributed by atoms with Gasteiger partial charge < -0.3 is 10.2 Å². The van der Waals surface area contributed by atoms with Gasteiger partial charge in [-0.2, -0.15) is 0 Å². The first-order valence-corrected chi connectivity index (χ1v) is 9.62. The Labute approximate surface area is 156 Å². The standard InChI is InChI=1S/C18H18Cl2N2OS/c1-2-12-6-8-13(9-7-12)21-18(23)22-10-11-24-17(22)14-4-3-5-15(19)16(14)20/h3-9,17H,2,10-11H2,1H3,(H,21,23). The molecule has 1 fully saturated rings. The first kappa shape index (κ1) is 17.5. The van der Waals surface area contributed by atoms with E-state index in [4.69, 9.17) is 23.2 Å². The van der Waals surface area contributed by atoms with Crippen molar-refractivity contribution < 1.29 is 4.79 Å². The fourth-order valence-electron chi connectivity index (χ4n) is 2.67. The summed E-state index contributed by atoms with van der Waals surface area (Å²) in [5.74, 6) is 0.871. The number of nitrogens with zero attached hydrogens (tertiary/aromatic N) is 1. The number of nitrogens with one attached hydrogen (secondary N) is 1. The summed E-state index contributed by atoms with van der Waals surface area (Å²) < 4.78 is 0. The van der Waals surface area contributed by atoms with Gasteiger partial charge in [0.25, 0.3) is 0 Å². The van der Waals surface area contributed by atoms with Crippen LogP contribution >= 0.6 is 35.0 Å². The first-order valence-electron chi connectivity index (χ1n) is 7.82. The Balaban J connectivity index is 1.77. The summed E-state index contributed by atoms with van der Waals surface area (Å²) in [5.41, 5.74) is 2.92. The first-order chi connectivity index (χ1) is 11.6. The minimum absolute atomic E-state index is 0.119. The van der Waals surface area contributed by atoms with E-state index >= 15 is 0 Å². The van der Waals surface area contributed by atoms with Gasteiger partial charge in [0, 0.05) is 23.5 Å². The normalized spacial score (nSPS) is 17.1. The van der Waals surface area contributed by atoms with E-state index in [2.05, 4.69) is 12.2 Å². The van der Waals surface area contributed by atoms with Gasteiger partial charge in [0.05, 0.1) is 10.0 Å². The highest BCUT2D eigenvalue weighted by Crippen LogP contribution is 2.42. The third-order valence-electron chi connectivity index (χ3n) is 4.01. The summed E-state index contributed by atoms with van der Waals surface area (Å²) in [6, 6.07) is 13.3. The van der Waals surface area contributed by atoms with Crippen LogP contribution in [-0.2, 0) is 6.42 Å². The molecular weight excluding hydrogens is 363 g/mol. The van der Waals surface area contributed by atoms with Crippen LogP contribution in [-0.4, -0.2) is 23.2 Å². The molecule has 0 bridgehead atoms. The summed E-state index contributed by atoms with van der Waals surface area (Å²) in [5, 5.41) is 3.88. The van der Waals surface area contributed by atoms with Gasteiger partial charge in [0.1, 0.15) is 5.37 Å². The van der Waals surface area contributed by atoms with Crippen molar-refractivity contribution in [2.24, 2.45) is 0 Å². The van der Waals surface area contributed by atoms with E-state index in [1.807, 2.05) is 36.4 Å². The van der Waals surface area contributed by atoms with Crippen molar-refractivity contribution in [3.8, 4) is 0 Å². The SMILES string of the molecule is CCc1ccc(NC(=O)N2CCSC2c2cccc(Cl)c2Cl)cc1. The smallest absolute Gasteiger partial charge is 0.308 e. The topological polar surface area (TPSA) is 32.3 Å². The quantitative estimate of drug-likeness (QED) is 0.725. The zero-order valence-electron chi connectivity index (χ0n) is 13.3. The zero-order valence-corrected chi connectivity index (χ0v) is 15.6. The largest absolute Gasteiger partial charge is 0.323 e. The van der Waals surface area contributed by atoms with E-state index in [1.165, 1.54) is 5.56 Å². The second kappa shape index (κ2) is 7.68. The number of hydrogen-bond donors (Lipinski definition) is 1. The molecule has 1 aliphatic heterocycles. The molecule has 0 saturated carbocycles. The zero-order chi connectivity index (χ0) is 17.1. The molecule has 1 atom stereocenters. The lowest BCUT2D eigenvalue weighted by Gasteiger charge is -2.25. The fourth-order valence-corrected chi connectivity index (χ4v) is 4.42. The number of hydrogen-bond acceptors (Lipinski definition) is 2. The van der Waals surface area contributed by atoms with E-state index in [9.17, 15) is 4.79 Å². The molecule has 1 unspecified atom stereocenters. The minimum atomic E-state index is -0.120. The maximum absolute atomic E-state index is 12.7. The molecule has 1 aliphatic rings. The molecule has 24 heavy (non-hydrogen) atoms. The van der Waals surface area contributed by atoms with E-state index in [0.717, 1.165) is 23.4 Å². The molecule has 3 nitrogen and oxygen atoms in total. The summed E-state index contributed by atoms with van der Waals surface area (Å²) in [4.78, 5) is 14.5. The van der Waals surface area contributed by atoms with Gasteiger partial charge >= 0.3 is 6.03 Å². The van der Waals surface area contributed by atoms with Crippen molar-refractivity contribution in [3.63, 3.8) is 0 Å². The number of halogens is 2. The van der Waals surface area contributed by atoms with Crippen molar-refractivity contribution >= 4 is 46.7 Å². The second-order valence-corrected chi connectivity index (χ2v) is 7.51. The van der Waals surface area contributed by atoms with Crippen LogP contribution in [0, 0.1) is 0 Å². The minimum Gasteiger partial charge on any atom is -0.308 e. The van der Waals surface area contributed by atoms with Crippen LogP contribution in [0.15, 0.2) is 42.5 Å². The lowest BCUT2D eigenvalue weighted by molar-refractivity contribution is 0.214. The fraction of sp³-hybridized carbons (Fsp3) is 0.278. The third kappa shape index (κ3) is 3.66. The molecule has 3 rings (SSSR count). The van der Waals surface area contributed by atoms with Crippen LogP contribution < -0.4 is 5.32 Å². The molecule has 1 saturated heterocycles. The van der Waals surface area contributed by atoms with E-state index in [-0.39, 0.29) is 11.4 Å². The molecule has 1 N–H and O–H groups in total. The third-order valence-corrected chi connectivity index (χ3v) is 6.09. The van der Waals surface area contributed by atoms with E-state index in [0.29, 0.717) is 16.6 Å². The van der Waals surface area contributed by atoms with Gasteiger partial charge in [-0.3, -0.25) is 0 Å². The Morgan fingerprint density at radius 2 is 2.00 bits per heavy atom. The Morgan fingerprint density at radius 1 is 1.25 bits per heavy atom. The van der Waals surface area contributed by atoms with Gasteiger partial charge in [-0.1, -0.05) is 54.4 Å². The molecular formula is C18H18Cl2N2OS.